The number of esters is 1. The minimum Gasteiger partial charge on any atom is -0.465 e. The average molecular weight is 395 g/mol. The Hall–Kier alpha value is -2.56. The second-order valence-corrected chi connectivity index (χ2v) is 7.91. The van der Waals surface area contributed by atoms with E-state index in [1.165, 1.54) is 32.8 Å². The van der Waals surface area contributed by atoms with Gasteiger partial charge in [0.2, 0.25) is 5.88 Å². The van der Waals surface area contributed by atoms with Gasteiger partial charge in [-0.1, -0.05) is 44.4 Å². The molecule has 0 atom stereocenters. The number of benzene rings is 1. The van der Waals surface area contributed by atoms with Crippen LogP contribution >= 0.6 is 0 Å². The Morgan fingerprint density at radius 2 is 1.93 bits per heavy atom. The second-order valence-electron chi connectivity index (χ2n) is 7.91. The number of ether oxygens (including phenoxy) is 1. The molecule has 0 radical (unpaired) electrons. The summed E-state index contributed by atoms with van der Waals surface area (Å²) in [7, 11) is 1.44. The number of anilines is 1. The molecule has 0 amide bonds. The quantitative estimate of drug-likeness (QED) is 0.370. The van der Waals surface area contributed by atoms with Gasteiger partial charge in [0.1, 0.15) is 5.56 Å². The minimum absolute atomic E-state index is 0.336. The highest BCUT2D eigenvalue weighted by Gasteiger charge is 2.29. The fourth-order valence-electron chi connectivity index (χ4n) is 4.36. The van der Waals surface area contributed by atoms with E-state index in [4.69, 9.17) is 14.1 Å². The zero-order valence-electron chi connectivity index (χ0n) is 17.5. The maximum absolute atomic E-state index is 12.9. The summed E-state index contributed by atoms with van der Waals surface area (Å²) in [6.45, 7) is 4.02. The molecular formula is C24H30N2O3. The first kappa shape index (κ1) is 19.7. The van der Waals surface area contributed by atoms with Crippen molar-refractivity contribution in [1.29, 1.82) is 0 Å². The van der Waals surface area contributed by atoms with Crippen molar-refractivity contribution in [2.24, 2.45) is 0 Å². The van der Waals surface area contributed by atoms with Crippen molar-refractivity contribution in [2.75, 3.05) is 25.1 Å². The molecule has 5 heteroatoms. The van der Waals surface area contributed by atoms with Gasteiger partial charge in [-0.25, -0.2) is 9.78 Å². The molecule has 3 heterocycles. The summed E-state index contributed by atoms with van der Waals surface area (Å²) in [5.74, 6) is 0.317. The molecule has 2 aromatic heterocycles. The zero-order valence-corrected chi connectivity index (χ0v) is 17.5. The second kappa shape index (κ2) is 8.85. The molecular weight excluding hydrogens is 364 g/mol. The third kappa shape index (κ3) is 3.83. The summed E-state index contributed by atoms with van der Waals surface area (Å²) in [6, 6.07) is 8.01. The molecule has 0 spiro atoms. The molecule has 3 aromatic rings. The molecule has 0 unspecified atom stereocenters. The van der Waals surface area contributed by atoms with Gasteiger partial charge in [0.15, 0.2) is 5.58 Å². The Morgan fingerprint density at radius 3 is 2.69 bits per heavy atom. The van der Waals surface area contributed by atoms with Crippen LogP contribution in [0.4, 0.5) is 5.88 Å². The number of hydrogen-bond acceptors (Lipinski definition) is 5. The molecule has 1 aliphatic heterocycles. The van der Waals surface area contributed by atoms with Gasteiger partial charge in [0.05, 0.1) is 18.3 Å². The van der Waals surface area contributed by atoms with Crippen LogP contribution in [0.5, 0.6) is 0 Å². The Morgan fingerprint density at radius 1 is 1.14 bits per heavy atom. The lowest BCUT2D eigenvalue weighted by Crippen LogP contribution is -2.30. The lowest BCUT2D eigenvalue weighted by Gasteiger charge is -2.26. The maximum atomic E-state index is 12.9. The minimum atomic E-state index is -0.336. The number of aryl methyl sites for hydroxylation is 1. The molecule has 154 valence electrons. The van der Waals surface area contributed by atoms with E-state index in [0.29, 0.717) is 11.4 Å². The fraction of sp³-hybridized carbons (Fsp3) is 0.500. The van der Waals surface area contributed by atoms with Crippen molar-refractivity contribution in [3.8, 4) is 0 Å². The summed E-state index contributed by atoms with van der Waals surface area (Å²) >= 11 is 0. The molecule has 1 saturated heterocycles. The van der Waals surface area contributed by atoms with Crippen LogP contribution in [-0.4, -0.2) is 31.2 Å². The number of piperidine rings is 1. The standard InChI is InChI=1S/C24H30N2O3/c1-3-4-5-7-14-19-22-20(17-12-8-9-13-18(17)25-19)21(24(27)28-2)23(29-22)26-15-10-6-11-16-26/h8-9,12-13H,3-7,10-11,14-16H2,1-2H3. The van der Waals surface area contributed by atoms with Crippen LogP contribution in [0.3, 0.4) is 0 Å². The highest BCUT2D eigenvalue weighted by Crippen LogP contribution is 2.40. The van der Waals surface area contributed by atoms with Gasteiger partial charge in [-0.05, 0) is 38.2 Å². The number of methoxy groups -OCH3 is 1. The third-order valence-corrected chi connectivity index (χ3v) is 5.88. The highest BCUT2D eigenvalue weighted by atomic mass is 16.5. The Bertz CT molecular complexity index is 1000. The van der Waals surface area contributed by atoms with E-state index >= 15 is 0 Å². The number of hydrogen-bond donors (Lipinski definition) is 0. The first-order chi connectivity index (χ1) is 14.2. The van der Waals surface area contributed by atoms with Crippen LogP contribution in [0.2, 0.25) is 0 Å². The molecule has 1 aliphatic rings. The molecule has 0 aliphatic carbocycles. The van der Waals surface area contributed by atoms with Gasteiger partial charge in [0, 0.05) is 23.9 Å². The maximum Gasteiger partial charge on any atom is 0.344 e. The molecule has 4 rings (SSSR count). The SMILES string of the molecule is CCCCCCc1nc2ccccc2c2c(C(=O)OC)c(N3CCCCC3)oc12. The molecule has 1 aromatic carbocycles. The van der Waals surface area contributed by atoms with E-state index in [9.17, 15) is 4.79 Å². The van der Waals surface area contributed by atoms with E-state index < -0.39 is 0 Å². The molecule has 29 heavy (non-hydrogen) atoms. The number of furan rings is 1. The van der Waals surface area contributed by atoms with Crippen molar-refractivity contribution in [1.82, 2.24) is 4.98 Å². The van der Waals surface area contributed by atoms with Gasteiger partial charge in [-0.3, -0.25) is 0 Å². The highest BCUT2D eigenvalue weighted by molar-refractivity contribution is 6.18. The van der Waals surface area contributed by atoms with Gasteiger partial charge in [0.25, 0.3) is 0 Å². The summed E-state index contributed by atoms with van der Waals surface area (Å²) < 4.78 is 11.6. The molecule has 1 fully saturated rings. The fourth-order valence-corrected chi connectivity index (χ4v) is 4.36. The predicted octanol–water partition coefficient (Wildman–Crippen LogP) is 5.88. The van der Waals surface area contributed by atoms with Crippen LogP contribution in [0.25, 0.3) is 21.9 Å². The summed E-state index contributed by atoms with van der Waals surface area (Å²) in [5.41, 5.74) is 3.16. The van der Waals surface area contributed by atoms with Crippen LogP contribution in [0.1, 0.15) is 67.9 Å². The molecule has 0 bridgehead atoms. The topological polar surface area (TPSA) is 55.6 Å². The Kier molecular flexibility index (Phi) is 6.02. The lowest BCUT2D eigenvalue weighted by molar-refractivity contribution is 0.0602. The van der Waals surface area contributed by atoms with E-state index in [0.717, 1.165) is 66.3 Å². The van der Waals surface area contributed by atoms with E-state index in [2.05, 4.69) is 11.8 Å². The first-order valence-electron chi connectivity index (χ1n) is 10.9. The van der Waals surface area contributed by atoms with E-state index in [1.54, 1.807) is 0 Å². The van der Waals surface area contributed by atoms with E-state index in [-0.39, 0.29) is 5.97 Å². The van der Waals surface area contributed by atoms with Gasteiger partial charge < -0.3 is 14.1 Å². The number of carbonyl (C=O) groups excluding carboxylic acids is 1. The summed E-state index contributed by atoms with van der Waals surface area (Å²) in [4.78, 5) is 20.0. The van der Waals surface area contributed by atoms with E-state index in [1.807, 2.05) is 24.3 Å². The van der Waals surface area contributed by atoms with Crippen molar-refractivity contribution in [2.45, 2.75) is 58.3 Å². The number of unbranched alkanes of at least 4 members (excludes halogenated alkanes) is 3. The van der Waals surface area contributed by atoms with Gasteiger partial charge in [-0.2, -0.15) is 0 Å². The number of carbonyl (C=O) groups is 1. The van der Waals surface area contributed by atoms with Gasteiger partial charge in [-0.15, -0.1) is 0 Å². The normalized spacial score (nSPS) is 14.6. The number of nitrogens with zero attached hydrogens (tertiary/aromatic N) is 2. The number of fused-ring (bicyclic) bond motifs is 3. The summed E-state index contributed by atoms with van der Waals surface area (Å²) in [5, 5.41) is 1.81. The van der Waals surface area contributed by atoms with Crippen LogP contribution in [0, 0.1) is 0 Å². The average Bonchev–Trinajstić information content (AvgIpc) is 3.18. The number of pyridine rings is 1. The molecule has 5 nitrogen and oxygen atoms in total. The predicted molar refractivity (Wildman–Crippen MR) is 117 cm³/mol. The number of para-hydroxylation sites is 1. The largest absolute Gasteiger partial charge is 0.465 e. The monoisotopic (exact) mass is 394 g/mol. The molecule has 0 N–H and O–H groups in total. The van der Waals surface area contributed by atoms with Crippen LogP contribution < -0.4 is 4.90 Å². The van der Waals surface area contributed by atoms with Crippen LogP contribution in [-0.2, 0) is 11.2 Å². The first-order valence-corrected chi connectivity index (χ1v) is 10.9. The number of aromatic nitrogens is 1. The zero-order chi connectivity index (χ0) is 20.2. The molecule has 0 saturated carbocycles. The summed E-state index contributed by atoms with van der Waals surface area (Å²) in [6.07, 6.45) is 8.97. The smallest absolute Gasteiger partial charge is 0.344 e. The number of rotatable bonds is 7. The van der Waals surface area contributed by atoms with Gasteiger partial charge >= 0.3 is 5.97 Å². The van der Waals surface area contributed by atoms with Crippen molar-refractivity contribution in [3.63, 3.8) is 0 Å². The van der Waals surface area contributed by atoms with Crippen LogP contribution in [0.15, 0.2) is 28.7 Å². The Labute approximate surface area is 172 Å². The van der Waals surface area contributed by atoms with Crippen molar-refractivity contribution in [3.05, 3.63) is 35.5 Å². The van der Waals surface area contributed by atoms with Crippen molar-refractivity contribution >= 4 is 33.7 Å². The lowest BCUT2D eigenvalue weighted by atomic mass is 10.0. The third-order valence-electron chi connectivity index (χ3n) is 5.88. The van der Waals surface area contributed by atoms with Crippen molar-refractivity contribution < 1.29 is 13.9 Å². The Balaban J connectivity index is 1.91.